The Hall–Kier alpha value is -1.91. The number of nitrogens with zero attached hydrogens (tertiary/aromatic N) is 2. The van der Waals surface area contributed by atoms with Gasteiger partial charge in [0.1, 0.15) is 0 Å². The Kier molecular flexibility index (Phi) is 3.95. The van der Waals surface area contributed by atoms with E-state index in [1.165, 1.54) is 16.8 Å². The topological polar surface area (TPSA) is 29.9 Å². The summed E-state index contributed by atoms with van der Waals surface area (Å²) in [7, 11) is 0. The van der Waals surface area contributed by atoms with Crippen molar-refractivity contribution in [3.05, 3.63) is 59.2 Å². The minimum Gasteiger partial charge on any atom is -0.313 e. The van der Waals surface area contributed by atoms with Crippen molar-refractivity contribution in [1.82, 2.24) is 14.9 Å². The van der Waals surface area contributed by atoms with Crippen molar-refractivity contribution < 1.29 is 0 Å². The third-order valence-electron chi connectivity index (χ3n) is 3.27. The van der Waals surface area contributed by atoms with Gasteiger partial charge in [0, 0.05) is 17.5 Å². The highest BCUT2D eigenvalue weighted by atomic mass is 32.1. The fourth-order valence-electron chi connectivity index (χ4n) is 2.27. The minimum absolute atomic E-state index is 0.869. The molecule has 0 radical (unpaired) electrons. The molecule has 0 aliphatic rings. The van der Waals surface area contributed by atoms with E-state index in [0.717, 1.165) is 18.8 Å². The molecule has 4 heteroatoms. The third kappa shape index (κ3) is 2.53. The Morgan fingerprint density at radius 2 is 2.15 bits per heavy atom. The summed E-state index contributed by atoms with van der Waals surface area (Å²) in [6, 6.07) is 10.6. The minimum atomic E-state index is 0.869. The lowest BCUT2D eigenvalue weighted by atomic mass is 10.1. The third-order valence-corrected chi connectivity index (χ3v) is 3.96. The maximum absolute atomic E-state index is 4.32. The zero-order chi connectivity index (χ0) is 13.8. The van der Waals surface area contributed by atoms with Crippen LogP contribution in [0, 0.1) is 0 Å². The number of benzene rings is 1. The van der Waals surface area contributed by atoms with E-state index in [4.69, 9.17) is 0 Å². The molecule has 0 aliphatic carbocycles. The molecule has 0 spiro atoms. The molecule has 102 valence electrons. The van der Waals surface area contributed by atoms with Gasteiger partial charge in [-0.05, 0) is 29.6 Å². The van der Waals surface area contributed by atoms with Crippen LogP contribution in [0.1, 0.15) is 12.5 Å². The average Bonchev–Trinajstić information content (AvgIpc) is 3.15. The van der Waals surface area contributed by atoms with Gasteiger partial charge in [-0.3, -0.25) is 4.57 Å². The molecule has 0 atom stereocenters. The van der Waals surface area contributed by atoms with Crippen LogP contribution in [0.5, 0.6) is 0 Å². The van der Waals surface area contributed by atoms with Gasteiger partial charge in [0.25, 0.3) is 0 Å². The van der Waals surface area contributed by atoms with E-state index in [9.17, 15) is 0 Å². The van der Waals surface area contributed by atoms with Crippen molar-refractivity contribution in [2.75, 3.05) is 6.54 Å². The molecule has 3 rings (SSSR count). The first kappa shape index (κ1) is 13.1. The second-order valence-corrected chi connectivity index (χ2v) is 5.35. The van der Waals surface area contributed by atoms with Gasteiger partial charge >= 0.3 is 0 Å². The van der Waals surface area contributed by atoms with Crippen LogP contribution < -0.4 is 5.32 Å². The zero-order valence-electron chi connectivity index (χ0n) is 11.4. The lowest BCUT2D eigenvalue weighted by Gasteiger charge is -2.13. The van der Waals surface area contributed by atoms with Gasteiger partial charge in [-0.15, -0.1) is 0 Å². The standard InChI is InChI=1S/C16H17N3S/c1-2-17-9-13-5-3-4-6-15(13)19-12-18-10-16(19)14-7-8-20-11-14/h3-8,10-12,17H,2,9H2,1H3. The summed E-state index contributed by atoms with van der Waals surface area (Å²) in [6.45, 7) is 3.96. The first-order chi connectivity index (χ1) is 9.90. The molecule has 0 saturated heterocycles. The van der Waals surface area contributed by atoms with Crippen molar-refractivity contribution in [2.45, 2.75) is 13.5 Å². The molecule has 20 heavy (non-hydrogen) atoms. The molecule has 0 aliphatic heterocycles. The largest absolute Gasteiger partial charge is 0.313 e. The van der Waals surface area contributed by atoms with E-state index in [2.05, 4.69) is 62.9 Å². The number of para-hydroxylation sites is 1. The summed E-state index contributed by atoms with van der Waals surface area (Å²) < 4.78 is 2.16. The summed E-state index contributed by atoms with van der Waals surface area (Å²) in [4.78, 5) is 4.32. The number of thiophene rings is 1. The Labute approximate surface area is 122 Å². The van der Waals surface area contributed by atoms with Gasteiger partial charge in [-0.1, -0.05) is 25.1 Å². The molecule has 1 aromatic carbocycles. The van der Waals surface area contributed by atoms with E-state index in [1.54, 1.807) is 11.3 Å². The van der Waals surface area contributed by atoms with E-state index in [0.29, 0.717) is 0 Å². The van der Waals surface area contributed by atoms with Crippen LogP contribution in [0.2, 0.25) is 0 Å². The van der Waals surface area contributed by atoms with Crippen molar-refractivity contribution in [1.29, 1.82) is 0 Å². The van der Waals surface area contributed by atoms with Crippen LogP contribution in [0.4, 0.5) is 0 Å². The fraction of sp³-hybridized carbons (Fsp3) is 0.188. The van der Waals surface area contributed by atoms with Gasteiger partial charge in [-0.2, -0.15) is 11.3 Å². The second-order valence-electron chi connectivity index (χ2n) is 4.57. The van der Waals surface area contributed by atoms with Crippen LogP contribution in [-0.2, 0) is 6.54 Å². The molecule has 0 unspecified atom stereocenters. The predicted octanol–water partition coefficient (Wildman–Crippen LogP) is 3.71. The Morgan fingerprint density at radius 1 is 1.25 bits per heavy atom. The highest BCUT2D eigenvalue weighted by Gasteiger charge is 2.10. The molecule has 2 aromatic heterocycles. The SMILES string of the molecule is CCNCc1ccccc1-n1cncc1-c1ccsc1. The molecule has 0 fully saturated rings. The normalized spacial score (nSPS) is 10.8. The molecule has 3 nitrogen and oxygen atoms in total. The van der Waals surface area contributed by atoms with E-state index >= 15 is 0 Å². The predicted molar refractivity (Wildman–Crippen MR) is 84.3 cm³/mol. The van der Waals surface area contributed by atoms with Crippen LogP contribution in [-0.4, -0.2) is 16.1 Å². The van der Waals surface area contributed by atoms with Crippen LogP contribution in [0.3, 0.4) is 0 Å². The van der Waals surface area contributed by atoms with Gasteiger partial charge in [0.2, 0.25) is 0 Å². The molecule has 0 saturated carbocycles. The molecule has 0 amide bonds. The molecular weight excluding hydrogens is 266 g/mol. The van der Waals surface area contributed by atoms with Crippen molar-refractivity contribution in [3.8, 4) is 16.9 Å². The molecular formula is C16H17N3S. The number of hydrogen-bond donors (Lipinski definition) is 1. The van der Waals surface area contributed by atoms with E-state index in [1.807, 2.05) is 12.5 Å². The summed E-state index contributed by atoms with van der Waals surface area (Å²) in [5, 5.41) is 7.64. The molecule has 2 heterocycles. The number of nitrogens with one attached hydrogen (secondary N) is 1. The Morgan fingerprint density at radius 3 is 2.95 bits per heavy atom. The van der Waals surface area contributed by atoms with Gasteiger partial charge < -0.3 is 5.32 Å². The monoisotopic (exact) mass is 283 g/mol. The van der Waals surface area contributed by atoms with E-state index in [-0.39, 0.29) is 0 Å². The maximum Gasteiger partial charge on any atom is 0.0997 e. The second kappa shape index (κ2) is 6.03. The van der Waals surface area contributed by atoms with Gasteiger partial charge in [-0.25, -0.2) is 4.98 Å². The van der Waals surface area contributed by atoms with E-state index < -0.39 is 0 Å². The molecule has 1 N–H and O–H groups in total. The fourth-order valence-corrected chi connectivity index (χ4v) is 2.92. The van der Waals surface area contributed by atoms with Crippen molar-refractivity contribution in [3.63, 3.8) is 0 Å². The quantitative estimate of drug-likeness (QED) is 0.773. The highest BCUT2D eigenvalue weighted by molar-refractivity contribution is 7.08. The number of imidazole rings is 1. The summed E-state index contributed by atoms with van der Waals surface area (Å²) in [5.41, 5.74) is 4.82. The summed E-state index contributed by atoms with van der Waals surface area (Å²) in [6.07, 6.45) is 3.81. The van der Waals surface area contributed by atoms with Gasteiger partial charge in [0.15, 0.2) is 0 Å². The van der Waals surface area contributed by atoms with Crippen LogP contribution in [0.15, 0.2) is 53.6 Å². The highest BCUT2D eigenvalue weighted by Crippen LogP contribution is 2.26. The maximum atomic E-state index is 4.32. The zero-order valence-corrected chi connectivity index (χ0v) is 12.2. The number of aromatic nitrogens is 2. The van der Waals surface area contributed by atoms with Crippen LogP contribution >= 0.6 is 11.3 Å². The Balaban J connectivity index is 2.04. The van der Waals surface area contributed by atoms with Crippen molar-refractivity contribution in [2.24, 2.45) is 0 Å². The first-order valence-corrected chi connectivity index (χ1v) is 7.68. The lowest BCUT2D eigenvalue weighted by Crippen LogP contribution is -2.13. The first-order valence-electron chi connectivity index (χ1n) is 6.74. The molecule has 3 aromatic rings. The van der Waals surface area contributed by atoms with Crippen molar-refractivity contribution >= 4 is 11.3 Å². The van der Waals surface area contributed by atoms with Gasteiger partial charge in [0.05, 0.1) is 23.9 Å². The average molecular weight is 283 g/mol. The summed E-state index contributed by atoms with van der Waals surface area (Å²) in [5.74, 6) is 0. The smallest absolute Gasteiger partial charge is 0.0997 e. The lowest BCUT2D eigenvalue weighted by molar-refractivity contribution is 0.722. The Bertz CT molecular complexity index is 671. The molecule has 0 bridgehead atoms. The summed E-state index contributed by atoms with van der Waals surface area (Å²) >= 11 is 1.71. The van der Waals surface area contributed by atoms with Crippen LogP contribution in [0.25, 0.3) is 16.9 Å². The number of rotatable bonds is 5. The number of hydrogen-bond acceptors (Lipinski definition) is 3.